The van der Waals surface area contributed by atoms with Crippen molar-refractivity contribution in [2.45, 2.75) is 63.2 Å². The van der Waals surface area contributed by atoms with Gasteiger partial charge in [-0.3, -0.25) is 4.79 Å². The summed E-state index contributed by atoms with van der Waals surface area (Å²) in [6.07, 6.45) is 10.4. The molecule has 3 rings (SSSR count). The van der Waals surface area contributed by atoms with Crippen LogP contribution in [0.25, 0.3) is 0 Å². The molecule has 1 aliphatic heterocycles. The van der Waals surface area contributed by atoms with E-state index < -0.39 is 0 Å². The fourth-order valence-electron chi connectivity index (χ4n) is 3.64. The van der Waals surface area contributed by atoms with Crippen molar-refractivity contribution in [3.63, 3.8) is 0 Å². The lowest BCUT2D eigenvalue weighted by Gasteiger charge is -2.24. The molecule has 0 bridgehead atoms. The molecule has 2 nitrogen and oxygen atoms in total. The van der Waals surface area contributed by atoms with Crippen molar-refractivity contribution in [1.29, 1.82) is 0 Å². The SMILES string of the molecule is O=C1CCCc2cc(C(Cl)CC3CCCCC3)ccc2N1. The van der Waals surface area contributed by atoms with E-state index in [9.17, 15) is 4.79 Å². The van der Waals surface area contributed by atoms with Gasteiger partial charge in [-0.15, -0.1) is 11.6 Å². The maximum atomic E-state index is 11.6. The first-order valence-electron chi connectivity index (χ1n) is 8.29. The number of alkyl halides is 1. The summed E-state index contributed by atoms with van der Waals surface area (Å²) in [6, 6.07) is 6.33. The largest absolute Gasteiger partial charge is 0.326 e. The smallest absolute Gasteiger partial charge is 0.224 e. The number of carbonyl (C=O) groups is 1. The summed E-state index contributed by atoms with van der Waals surface area (Å²) < 4.78 is 0. The molecule has 1 aromatic rings. The topological polar surface area (TPSA) is 29.1 Å². The molecule has 1 atom stereocenters. The summed E-state index contributed by atoms with van der Waals surface area (Å²) in [5, 5.41) is 3.10. The van der Waals surface area contributed by atoms with E-state index >= 15 is 0 Å². The predicted octanol–water partition coefficient (Wildman–Crippen LogP) is 5.21. The molecule has 1 aromatic carbocycles. The van der Waals surface area contributed by atoms with E-state index in [2.05, 4.69) is 17.4 Å². The molecule has 21 heavy (non-hydrogen) atoms. The van der Waals surface area contributed by atoms with Crippen molar-refractivity contribution < 1.29 is 4.79 Å². The minimum atomic E-state index is 0.109. The summed E-state index contributed by atoms with van der Waals surface area (Å²) in [5.74, 6) is 0.922. The molecule has 114 valence electrons. The van der Waals surface area contributed by atoms with Crippen LogP contribution < -0.4 is 5.32 Å². The highest BCUT2D eigenvalue weighted by molar-refractivity contribution is 6.20. The Labute approximate surface area is 132 Å². The number of halogens is 1. The molecule has 1 unspecified atom stereocenters. The van der Waals surface area contributed by atoms with Crippen LogP contribution in [0, 0.1) is 5.92 Å². The summed E-state index contributed by atoms with van der Waals surface area (Å²) in [5.41, 5.74) is 3.44. The molecule has 0 saturated heterocycles. The zero-order chi connectivity index (χ0) is 14.7. The summed E-state index contributed by atoms with van der Waals surface area (Å²) in [7, 11) is 0. The van der Waals surface area contributed by atoms with Gasteiger partial charge in [0.15, 0.2) is 0 Å². The van der Waals surface area contributed by atoms with Crippen molar-refractivity contribution in [1.82, 2.24) is 0 Å². The number of aryl methyl sites for hydroxylation is 1. The van der Waals surface area contributed by atoms with E-state index in [0.29, 0.717) is 6.42 Å². The quantitative estimate of drug-likeness (QED) is 0.763. The van der Waals surface area contributed by atoms with Gasteiger partial charge in [-0.2, -0.15) is 0 Å². The number of rotatable bonds is 3. The second kappa shape index (κ2) is 6.83. The fourth-order valence-corrected chi connectivity index (χ4v) is 4.03. The second-order valence-corrected chi connectivity index (χ2v) is 7.05. The van der Waals surface area contributed by atoms with Crippen LogP contribution in [-0.2, 0) is 11.2 Å². The van der Waals surface area contributed by atoms with Crippen LogP contribution in [0.5, 0.6) is 0 Å². The Balaban J connectivity index is 1.70. The van der Waals surface area contributed by atoms with Gasteiger partial charge in [0, 0.05) is 12.1 Å². The highest BCUT2D eigenvalue weighted by Gasteiger charge is 2.20. The number of nitrogens with one attached hydrogen (secondary N) is 1. The third-order valence-corrected chi connectivity index (χ3v) is 5.31. The highest BCUT2D eigenvalue weighted by Crippen LogP contribution is 2.36. The van der Waals surface area contributed by atoms with Gasteiger partial charge in [0.2, 0.25) is 5.91 Å². The first-order valence-corrected chi connectivity index (χ1v) is 8.73. The molecular formula is C18H24ClNO. The van der Waals surface area contributed by atoms with Crippen molar-refractivity contribution in [2.75, 3.05) is 5.32 Å². The van der Waals surface area contributed by atoms with Crippen LogP contribution in [0.15, 0.2) is 18.2 Å². The molecule has 0 aromatic heterocycles. The standard InChI is InChI=1S/C18H24ClNO/c19-16(11-13-5-2-1-3-6-13)14-9-10-17-15(12-14)7-4-8-18(21)20-17/h9-10,12-13,16H,1-8,11H2,(H,20,21). The van der Waals surface area contributed by atoms with Crippen molar-refractivity contribution >= 4 is 23.2 Å². The van der Waals surface area contributed by atoms with Crippen LogP contribution in [0.4, 0.5) is 5.69 Å². The maximum Gasteiger partial charge on any atom is 0.224 e. The minimum Gasteiger partial charge on any atom is -0.326 e. The second-order valence-electron chi connectivity index (χ2n) is 6.53. The average molecular weight is 306 g/mol. The molecule has 1 heterocycles. The highest BCUT2D eigenvalue weighted by atomic mass is 35.5. The van der Waals surface area contributed by atoms with Crippen molar-refractivity contribution in [3.8, 4) is 0 Å². The number of hydrogen-bond donors (Lipinski definition) is 1. The minimum absolute atomic E-state index is 0.109. The number of hydrogen-bond acceptors (Lipinski definition) is 1. The lowest BCUT2D eigenvalue weighted by Crippen LogP contribution is -2.10. The van der Waals surface area contributed by atoms with E-state index in [1.165, 1.54) is 43.2 Å². The van der Waals surface area contributed by atoms with Crippen molar-refractivity contribution in [2.24, 2.45) is 5.92 Å². The van der Waals surface area contributed by atoms with Crippen LogP contribution in [0.1, 0.15) is 67.9 Å². The Kier molecular flexibility index (Phi) is 4.84. The average Bonchev–Trinajstić information content (AvgIpc) is 2.68. The Bertz CT molecular complexity index is 508. The molecule has 0 radical (unpaired) electrons. The van der Waals surface area contributed by atoms with Gasteiger partial charge in [0.05, 0.1) is 5.38 Å². The number of fused-ring (bicyclic) bond motifs is 1. The van der Waals surface area contributed by atoms with Gasteiger partial charge in [-0.25, -0.2) is 0 Å². The fraction of sp³-hybridized carbons (Fsp3) is 0.611. The van der Waals surface area contributed by atoms with Gasteiger partial charge in [0.25, 0.3) is 0 Å². The van der Waals surface area contributed by atoms with Crippen LogP contribution in [-0.4, -0.2) is 5.91 Å². The number of amides is 1. The van der Waals surface area contributed by atoms with Crippen LogP contribution in [0.3, 0.4) is 0 Å². The Morgan fingerprint density at radius 2 is 1.95 bits per heavy atom. The summed E-state index contributed by atoms with van der Waals surface area (Å²) in [4.78, 5) is 11.6. The first kappa shape index (κ1) is 14.9. The number of benzene rings is 1. The van der Waals surface area contributed by atoms with E-state index in [1.807, 2.05) is 6.07 Å². The van der Waals surface area contributed by atoms with Gasteiger partial charge in [-0.05, 0) is 42.4 Å². The van der Waals surface area contributed by atoms with Gasteiger partial charge in [-0.1, -0.05) is 44.2 Å². The molecule has 1 fully saturated rings. The van der Waals surface area contributed by atoms with E-state index in [0.717, 1.165) is 30.9 Å². The Hall–Kier alpha value is -1.02. The normalized spacial score (nSPS) is 21.3. The van der Waals surface area contributed by atoms with Gasteiger partial charge in [0.1, 0.15) is 0 Å². The number of anilines is 1. The van der Waals surface area contributed by atoms with E-state index in [1.54, 1.807) is 0 Å². The summed E-state index contributed by atoms with van der Waals surface area (Å²) in [6.45, 7) is 0. The maximum absolute atomic E-state index is 11.6. The molecule has 3 heteroatoms. The van der Waals surface area contributed by atoms with Crippen molar-refractivity contribution in [3.05, 3.63) is 29.3 Å². The summed E-state index contributed by atoms with van der Waals surface area (Å²) >= 11 is 6.66. The number of carbonyl (C=O) groups excluding carboxylic acids is 1. The molecule has 0 spiro atoms. The molecular weight excluding hydrogens is 282 g/mol. The monoisotopic (exact) mass is 305 g/mol. The van der Waals surface area contributed by atoms with E-state index in [-0.39, 0.29) is 11.3 Å². The molecule has 1 saturated carbocycles. The predicted molar refractivity (Wildman–Crippen MR) is 87.8 cm³/mol. The molecule has 2 aliphatic rings. The van der Waals surface area contributed by atoms with Gasteiger partial charge < -0.3 is 5.32 Å². The lowest BCUT2D eigenvalue weighted by atomic mass is 9.85. The first-order chi connectivity index (χ1) is 10.2. The van der Waals surface area contributed by atoms with Crippen LogP contribution >= 0.6 is 11.6 Å². The van der Waals surface area contributed by atoms with E-state index in [4.69, 9.17) is 11.6 Å². The zero-order valence-corrected chi connectivity index (χ0v) is 13.3. The molecule has 1 aliphatic carbocycles. The zero-order valence-electron chi connectivity index (χ0n) is 12.5. The molecule has 1 amide bonds. The van der Waals surface area contributed by atoms with Crippen LogP contribution in [0.2, 0.25) is 0 Å². The Morgan fingerprint density at radius 1 is 1.14 bits per heavy atom. The van der Waals surface area contributed by atoms with Gasteiger partial charge >= 0.3 is 0 Å². The third kappa shape index (κ3) is 3.79. The Morgan fingerprint density at radius 3 is 2.76 bits per heavy atom. The molecule has 1 N–H and O–H groups in total. The lowest BCUT2D eigenvalue weighted by molar-refractivity contribution is -0.116. The third-order valence-electron chi connectivity index (χ3n) is 4.88.